The van der Waals surface area contributed by atoms with Crippen LogP contribution in [0.5, 0.6) is 5.75 Å². The fourth-order valence-electron chi connectivity index (χ4n) is 2.68. The van der Waals surface area contributed by atoms with Crippen LogP contribution in [-0.2, 0) is 14.8 Å². The Kier molecular flexibility index (Phi) is 7.10. The number of carbonyl (C=O) groups excluding carboxylic acids is 1. The average Bonchev–Trinajstić information content (AvgIpc) is 2.73. The minimum Gasteiger partial charge on any atom is -0.481 e. The van der Waals surface area contributed by atoms with E-state index >= 15 is 0 Å². The molecule has 3 rings (SSSR count). The molecule has 2 N–H and O–H groups in total. The zero-order valence-corrected chi connectivity index (χ0v) is 19.1. The smallest absolute Gasteiger partial charge is 0.265 e. The minimum atomic E-state index is -3.89. The van der Waals surface area contributed by atoms with Crippen LogP contribution in [0.25, 0.3) is 0 Å². The lowest BCUT2D eigenvalue weighted by Gasteiger charge is -2.16. The first kappa shape index (κ1) is 22.9. The predicted octanol–water partition coefficient (Wildman–Crippen LogP) is 5.51. The third-order valence-corrected chi connectivity index (χ3v) is 6.59. The van der Waals surface area contributed by atoms with Crippen molar-refractivity contribution < 1.29 is 17.9 Å². The Morgan fingerprint density at radius 1 is 0.968 bits per heavy atom. The Balaban J connectivity index is 1.67. The van der Waals surface area contributed by atoms with E-state index in [1.807, 2.05) is 25.1 Å². The standard InChI is InChI=1S/C22H20Cl2N2O4S/c1-14-6-3-4-9-20(14)30-15(2)22(27)25-16-10-12-17(13-11-16)31(28,29)26-19-8-5-7-18(23)21(19)24/h3-13,15,26H,1-2H3,(H,25,27). The summed E-state index contributed by atoms with van der Waals surface area (Å²) in [4.78, 5) is 12.4. The number of carbonyl (C=O) groups is 1. The van der Waals surface area contributed by atoms with E-state index in [2.05, 4.69) is 10.0 Å². The van der Waals surface area contributed by atoms with Crippen LogP contribution in [0.1, 0.15) is 12.5 Å². The Labute approximate surface area is 191 Å². The molecule has 31 heavy (non-hydrogen) atoms. The van der Waals surface area contributed by atoms with Crippen molar-refractivity contribution in [3.05, 3.63) is 82.3 Å². The summed E-state index contributed by atoms with van der Waals surface area (Å²) in [5.74, 6) is 0.264. The largest absolute Gasteiger partial charge is 0.481 e. The van der Waals surface area contributed by atoms with Gasteiger partial charge in [0.2, 0.25) is 0 Å². The van der Waals surface area contributed by atoms with Crippen LogP contribution in [0.2, 0.25) is 10.0 Å². The van der Waals surface area contributed by atoms with E-state index in [0.29, 0.717) is 11.4 Å². The number of hydrogen-bond acceptors (Lipinski definition) is 4. The number of rotatable bonds is 7. The average molecular weight is 479 g/mol. The number of amides is 1. The van der Waals surface area contributed by atoms with Crippen molar-refractivity contribution in [2.75, 3.05) is 10.0 Å². The van der Waals surface area contributed by atoms with Crippen LogP contribution in [0.15, 0.2) is 71.6 Å². The van der Waals surface area contributed by atoms with Gasteiger partial charge in [-0.05, 0) is 61.9 Å². The van der Waals surface area contributed by atoms with E-state index < -0.39 is 16.1 Å². The molecule has 0 saturated carbocycles. The Bertz CT molecular complexity index is 1200. The monoisotopic (exact) mass is 478 g/mol. The quantitative estimate of drug-likeness (QED) is 0.468. The van der Waals surface area contributed by atoms with Gasteiger partial charge < -0.3 is 10.1 Å². The van der Waals surface area contributed by atoms with Crippen molar-refractivity contribution in [2.45, 2.75) is 24.8 Å². The van der Waals surface area contributed by atoms with Gasteiger partial charge in [-0.2, -0.15) is 0 Å². The Morgan fingerprint density at radius 3 is 2.32 bits per heavy atom. The highest BCUT2D eigenvalue weighted by Crippen LogP contribution is 2.31. The molecule has 0 aliphatic heterocycles. The molecule has 0 bridgehead atoms. The number of halogens is 2. The SMILES string of the molecule is Cc1ccccc1OC(C)C(=O)Nc1ccc(S(=O)(=O)Nc2cccc(Cl)c2Cl)cc1. The molecule has 0 aliphatic rings. The fourth-order valence-corrected chi connectivity index (χ4v) is 4.16. The van der Waals surface area contributed by atoms with E-state index in [1.54, 1.807) is 25.1 Å². The zero-order chi connectivity index (χ0) is 22.6. The van der Waals surface area contributed by atoms with Gasteiger partial charge in [0, 0.05) is 5.69 Å². The molecule has 6 nitrogen and oxygen atoms in total. The number of aryl methyl sites for hydroxylation is 1. The zero-order valence-electron chi connectivity index (χ0n) is 16.7. The van der Waals surface area contributed by atoms with Gasteiger partial charge >= 0.3 is 0 Å². The first-order chi connectivity index (χ1) is 14.7. The topological polar surface area (TPSA) is 84.5 Å². The Hall–Kier alpha value is -2.74. The molecule has 9 heteroatoms. The van der Waals surface area contributed by atoms with E-state index in [0.717, 1.165) is 5.56 Å². The third-order valence-electron chi connectivity index (χ3n) is 4.39. The van der Waals surface area contributed by atoms with E-state index in [1.165, 1.54) is 30.3 Å². The number of nitrogens with one attached hydrogen (secondary N) is 2. The summed E-state index contributed by atoms with van der Waals surface area (Å²) >= 11 is 12.0. The van der Waals surface area contributed by atoms with Gasteiger partial charge in [0.1, 0.15) is 5.75 Å². The molecule has 0 aliphatic carbocycles. The lowest BCUT2D eigenvalue weighted by Crippen LogP contribution is -2.30. The molecular formula is C22H20Cl2N2O4S. The molecule has 0 aromatic heterocycles. The van der Waals surface area contributed by atoms with Crippen LogP contribution in [0.3, 0.4) is 0 Å². The lowest BCUT2D eigenvalue weighted by atomic mass is 10.2. The second-order valence-corrected chi connectivity index (χ2v) is 9.21. The van der Waals surface area contributed by atoms with Crippen LogP contribution < -0.4 is 14.8 Å². The van der Waals surface area contributed by atoms with Crippen molar-refractivity contribution in [3.8, 4) is 5.75 Å². The number of ether oxygens (including phenoxy) is 1. The molecule has 0 spiro atoms. The second-order valence-electron chi connectivity index (χ2n) is 6.75. The predicted molar refractivity (Wildman–Crippen MR) is 124 cm³/mol. The summed E-state index contributed by atoms with van der Waals surface area (Å²) in [6.07, 6.45) is -0.740. The first-order valence-corrected chi connectivity index (χ1v) is 11.5. The van der Waals surface area contributed by atoms with Gasteiger partial charge in [-0.25, -0.2) is 8.42 Å². The van der Waals surface area contributed by atoms with Gasteiger partial charge in [-0.15, -0.1) is 0 Å². The molecule has 3 aromatic carbocycles. The second kappa shape index (κ2) is 9.60. The van der Waals surface area contributed by atoms with Crippen molar-refractivity contribution in [2.24, 2.45) is 0 Å². The minimum absolute atomic E-state index is 0.00532. The molecule has 0 radical (unpaired) electrons. The Morgan fingerprint density at radius 2 is 1.65 bits per heavy atom. The van der Waals surface area contributed by atoms with Crippen LogP contribution in [0.4, 0.5) is 11.4 Å². The van der Waals surface area contributed by atoms with Crippen molar-refractivity contribution in [1.82, 2.24) is 0 Å². The normalized spacial score (nSPS) is 12.1. The van der Waals surface area contributed by atoms with Gasteiger partial charge in [0.15, 0.2) is 6.10 Å². The molecule has 0 saturated heterocycles. The van der Waals surface area contributed by atoms with Crippen LogP contribution in [-0.4, -0.2) is 20.4 Å². The molecule has 1 unspecified atom stereocenters. The summed E-state index contributed by atoms with van der Waals surface area (Å²) in [6, 6.07) is 17.8. The van der Waals surface area contributed by atoms with Crippen molar-refractivity contribution >= 4 is 50.5 Å². The van der Waals surface area contributed by atoms with E-state index in [9.17, 15) is 13.2 Å². The van der Waals surface area contributed by atoms with Gasteiger partial charge in [-0.1, -0.05) is 47.5 Å². The molecular weight excluding hydrogens is 459 g/mol. The summed E-state index contributed by atoms with van der Waals surface area (Å²) in [5, 5.41) is 3.06. The summed E-state index contributed by atoms with van der Waals surface area (Å²) in [5.41, 5.74) is 1.53. The highest BCUT2D eigenvalue weighted by Gasteiger charge is 2.18. The number of para-hydroxylation sites is 1. The third kappa shape index (κ3) is 5.70. The molecule has 0 heterocycles. The van der Waals surface area contributed by atoms with E-state index in [4.69, 9.17) is 27.9 Å². The van der Waals surface area contributed by atoms with Crippen molar-refractivity contribution in [3.63, 3.8) is 0 Å². The first-order valence-electron chi connectivity index (χ1n) is 9.27. The highest BCUT2D eigenvalue weighted by atomic mass is 35.5. The van der Waals surface area contributed by atoms with E-state index in [-0.39, 0.29) is 26.5 Å². The number of hydrogen-bond donors (Lipinski definition) is 2. The molecule has 1 amide bonds. The summed E-state index contributed by atoms with van der Waals surface area (Å²) < 4.78 is 33.3. The molecule has 1 atom stereocenters. The lowest BCUT2D eigenvalue weighted by molar-refractivity contribution is -0.122. The fraction of sp³-hybridized carbons (Fsp3) is 0.136. The number of anilines is 2. The number of sulfonamides is 1. The van der Waals surface area contributed by atoms with Crippen molar-refractivity contribution in [1.29, 1.82) is 0 Å². The highest BCUT2D eigenvalue weighted by molar-refractivity contribution is 7.92. The maximum atomic E-state index is 12.6. The summed E-state index contributed by atoms with van der Waals surface area (Å²) in [7, 11) is -3.89. The molecule has 0 fully saturated rings. The maximum absolute atomic E-state index is 12.6. The molecule has 3 aromatic rings. The van der Waals surface area contributed by atoms with Gasteiger partial charge in [0.05, 0.1) is 20.6 Å². The van der Waals surface area contributed by atoms with Gasteiger partial charge in [-0.3, -0.25) is 9.52 Å². The maximum Gasteiger partial charge on any atom is 0.265 e. The molecule has 162 valence electrons. The van der Waals surface area contributed by atoms with Gasteiger partial charge in [0.25, 0.3) is 15.9 Å². The van der Waals surface area contributed by atoms with Crippen LogP contribution in [0, 0.1) is 6.92 Å². The van der Waals surface area contributed by atoms with Crippen LogP contribution >= 0.6 is 23.2 Å². The number of benzene rings is 3. The summed E-state index contributed by atoms with van der Waals surface area (Å²) in [6.45, 7) is 3.53.